The summed E-state index contributed by atoms with van der Waals surface area (Å²) in [5.74, 6) is 0.538. The highest BCUT2D eigenvalue weighted by atomic mass is 16.5. The first kappa shape index (κ1) is 12.5. The second-order valence-corrected chi connectivity index (χ2v) is 4.27. The van der Waals surface area contributed by atoms with Crippen LogP contribution in [0.25, 0.3) is 0 Å². The Labute approximate surface area is 91.8 Å². The van der Waals surface area contributed by atoms with Gasteiger partial charge in [-0.2, -0.15) is 0 Å². The van der Waals surface area contributed by atoms with E-state index in [2.05, 4.69) is 17.6 Å². The van der Waals surface area contributed by atoms with Crippen molar-refractivity contribution >= 4 is 5.91 Å². The number of hydrogen-bond acceptors (Lipinski definition) is 3. The van der Waals surface area contributed by atoms with E-state index in [9.17, 15) is 4.79 Å². The second-order valence-electron chi connectivity index (χ2n) is 4.27. The van der Waals surface area contributed by atoms with E-state index in [-0.39, 0.29) is 18.0 Å². The van der Waals surface area contributed by atoms with Gasteiger partial charge in [0.05, 0.1) is 12.6 Å². The highest BCUT2D eigenvalue weighted by molar-refractivity contribution is 5.82. The third-order valence-corrected chi connectivity index (χ3v) is 2.78. The van der Waals surface area contributed by atoms with E-state index in [1.807, 2.05) is 13.8 Å². The summed E-state index contributed by atoms with van der Waals surface area (Å²) in [5.41, 5.74) is 0. The number of hydrogen-bond donors (Lipinski definition) is 2. The maximum Gasteiger partial charge on any atom is 0.237 e. The van der Waals surface area contributed by atoms with Gasteiger partial charge >= 0.3 is 0 Å². The largest absolute Gasteiger partial charge is 0.380 e. The van der Waals surface area contributed by atoms with Gasteiger partial charge in [-0.3, -0.25) is 4.79 Å². The molecule has 1 rings (SSSR count). The van der Waals surface area contributed by atoms with E-state index in [0.29, 0.717) is 19.1 Å². The molecule has 0 aromatic heterocycles. The quantitative estimate of drug-likeness (QED) is 0.701. The minimum atomic E-state index is -0.0194. The Hall–Kier alpha value is -0.610. The smallest absolute Gasteiger partial charge is 0.237 e. The van der Waals surface area contributed by atoms with Crippen molar-refractivity contribution in [1.82, 2.24) is 10.6 Å². The van der Waals surface area contributed by atoms with Crippen LogP contribution in [-0.4, -0.2) is 37.7 Å². The molecule has 0 saturated carbocycles. The normalized spacial score (nSPS) is 27.7. The number of carbonyl (C=O) groups is 1. The zero-order valence-electron chi connectivity index (χ0n) is 9.88. The van der Waals surface area contributed by atoms with Gasteiger partial charge in [-0.05, 0) is 32.7 Å². The van der Waals surface area contributed by atoms with Crippen molar-refractivity contribution in [3.05, 3.63) is 0 Å². The minimum Gasteiger partial charge on any atom is -0.380 e. The van der Waals surface area contributed by atoms with Gasteiger partial charge < -0.3 is 15.4 Å². The molecule has 0 radical (unpaired) electrons. The molecule has 2 N–H and O–H groups in total. The van der Waals surface area contributed by atoms with Crippen LogP contribution < -0.4 is 10.6 Å². The Morgan fingerprint density at radius 3 is 2.93 bits per heavy atom. The average Bonchev–Trinajstić information content (AvgIpc) is 2.61. The van der Waals surface area contributed by atoms with E-state index in [0.717, 1.165) is 13.0 Å². The summed E-state index contributed by atoms with van der Waals surface area (Å²) < 4.78 is 5.25. The molecule has 1 amide bonds. The molecule has 0 aromatic rings. The molecule has 3 unspecified atom stereocenters. The van der Waals surface area contributed by atoms with Crippen LogP contribution in [0.15, 0.2) is 0 Å². The molecule has 3 atom stereocenters. The number of amides is 1. The van der Waals surface area contributed by atoms with Crippen molar-refractivity contribution in [3.63, 3.8) is 0 Å². The molecule has 4 nitrogen and oxygen atoms in total. The molecule has 1 aliphatic heterocycles. The topological polar surface area (TPSA) is 50.4 Å². The second kappa shape index (κ2) is 6.08. The van der Waals surface area contributed by atoms with Crippen LogP contribution in [0.5, 0.6) is 0 Å². The summed E-state index contributed by atoms with van der Waals surface area (Å²) in [6, 6.07) is 0.0705. The fourth-order valence-electron chi connectivity index (χ4n) is 1.85. The SMILES string of the molecule is CCOCC(C)NC(=O)C1NCCC1C. The van der Waals surface area contributed by atoms with E-state index in [1.54, 1.807) is 0 Å². The predicted molar refractivity (Wildman–Crippen MR) is 59.7 cm³/mol. The summed E-state index contributed by atoms with van der Waals surface area (Å²) in [7, 11) is 0. The Balaban J connectivity index is 2.28. The average molecular weight is 214 g/mol. The fourth-order valence-corrected chi connectivity index (χ4v) is 1.85. The fraction of sp³-hybridized carbons (Fsp3) is 0.909. The first-order valence-corrected chi connectivity index (χ1v) is 5.76. The molecule has 15 heavy (non-hydrogen) atoms. The summed E-state index contributed by atoms with van der Waals surface area (Å²) in [6.07, 6.45) is 1.08. The molecule has 0 spiro atoms. The molecule has 0 bridgehead atoms. The van der Waals surface area contributed by atoms with Gasteiger partial charge in [0.15, 0.2) is 0 Å². The Morgan fingerprint density at radius 1 is 1.67 bits per heavy atom. The molecule has 1 saturated heterocycles. The first-order chi connectivity index (χ1) is 7.15. The Kier molecular flexibility index (Phi) is 5.05. The van der Waals surface area contributed by atoms with Crippen molar-refractivity contribution in [1.29, 1.82) is 0 Å². The van der Waals surface area contributed by atoms with E-state index < -0.39 is 0 Å². The number of ether oxygens (including phenoxy) is 1. The van der Waals surface area contributed by atoms with Crippen molar-refractivity contribution in [3.8, 4) is 0 Å². The third-order valence-electron chi connectivity index (χ3n) is 2.78. The van der Waals surface area contributed by atoms with Gasteiger partial charge in [0.1, 0.15) is 0 Å². The van der Waals surface area contributed by atoms with Crippen LogP contribution in [0.4, 0.5) is 0 Å². The Morgan fingerprint density at radius 2 is 2.40 bits per heavy atom. The predicted octanol–water partition coefficient (Wildman–Crippen LogP) is 0.526. The zero-order chi connectivity index (χ0) is 11.3. The van der Waals surface area contributed by atoms with Crippen LogP contribution in [-0.2, 0) is 9.53 Å². The highest BCUT2D eigenvalue weighted by Crippen LogP contribution is 2.14. The lowest BCUT2D eigenvalue weighted by Gasteiger charge is -2.19. The lowest BCUT2D eigenvalue weighted by molar-refractivity contribution is -0.124. The number of carbonyl (C=O) groups excluding carboxylic acids is 1. The van der Waals surface area contributed by atoms with Crippen LogP contribution >= 0.6 is 0 Å². The van der Waals surface area contributed by atoms with Crippen molar-refractivity contribution < 1.29 is 9.53 Å². The molecule has 0 aromatic carbocycles. The summed E-state index contributed by atoms with van der Waals surface area (Å²) in [5, 5.41) is 6.18. The van der Waals surface area contributed by atoms with E-state index in [1.165, 1.54) is 0 Å². The molecule has 1 fully saturated rings. The number of rotatable bonds is 5. The van der Waals surface area contributed by atoms with Gasteiger partial charge in [0, 0.05) is 12.6 Å². The van der Waals surface area contributed by atoms with E-state index in [4.69, 9.17) is 4.74 Å². The monoisotopic (exact) mass is 214 g/mol. The molecule has 0 aliphatic carbocycles. The molecule has 4 heteroatoms. The number of nitrogens with one attached hydrogen (secondary N) is 2. The maximum atomic E-state index is 11.8. The van der Waals surface area contributed by atoms with Crippen LogP contribution in [0.3, 0.4) is 0 Å². The molecular weight excluding hydrogens is 192 g/mol. The first-order valence-electron chi connectivity index (χ1n) is 5.76. The molecule has 1 heterocycles. The van der Waals surface area contributed by atoms with Gasteiger partial charge in [-0.25, -0.2) is 0 Å². The van der Waals surface area contributed by atoms with Crippen molar-refractivity contribution in [2.45, 2.75) is 39.3 Å². The Bertz CT molecular complexity index is 209. The van der Waals surface area contributed by atoms with Crippen LogP contribution in [0.2, 0.25) is 0 Å². The summed E-state index contributed by atoms with van der Waals surface area (Å²) in [4.78, 5) is 11.8. The van der Waals surface area contributed by atoms with E-state index >= 15 is 0 Å². The highest BCUT2D eigenvalue weighted by Gasteiger charge is 2.29. The molecule has 88 valence electrons. The van der Waals surface area contributed by atoms with Crippen molar-refractivity contribution in [2.75, 3.05) is 19.8 Å². The summed E-state index contributed by atoms with van der Waals surface area (Å²) in [6.45, 7) is 8.25. The maximum absolute atomic E-state index is 11.8. The zero-order valence-corrected chi connectivity index (χ0v) is 9.88. The lowest BCUT2D eigenvalue weighted by atomic mass is 10.0. The van der Waals surface area contributed by atoms with Gasteiger partial charge in [0.25, 0.3) is 0 Å². The summed E-state index contributed by atoms with van der Waals surface area (Å²) >= 11 is 0. The van der Waals surface area contributed by atoms with Gasteiger partial charge in [0.2, 0.25) is 5.91 Å². The lowest BCUT2D eigenvalue weighted by Crippen LogP contribution is -2.47. The van der Waals surface area contributed by atoms with Crippen molar-refractivity contribution in [2.24, 2.45) is 5.92 Å². The standard InChI is InChI=1S/C11H22N2O2/c1-4-15-7-9(3)13-11(14)10-8(2)5-6-12-10/h8-10,12H,4-7H2,1-3H3,(H,13,14). The van der Waals surface area contributed by atoms with Crippen LogP contribution in [0.1, 0.15) is 27.2 Å². The molecular formula is C11H22N2O2. The minimum absolute atomic E-state index is 0.0194. The third kappa shape index (κ3) is 3.80. The molecule has 1 aliphatic rings. The van der Waals surface area contributed by atoms with Crippen LogP contribution in [0, 0.1) is 5.92 Å². The van der Waals surface area contributed by atoms with Gasteiger partial charge in [-0.15, -0.1) is 0 Å². The van der Waals surface area contributed by atoms with Gasteiger partial charge in [-0.1, -0.05) is 6.92 Å².